The van der Waals surface area contributed by atoms with Crippen molar-refractivity contribution in [1.82, 2.24) is 9.80 Å². The fourth-order valence-electron chi connectivity index (χ4n) is 6.08. The van der Waals surface area contributed by atoms with Crippen molar-refractivity contribution in [2.45, 2.75) is 41.9 Å². The zero-order valence-electron chi connectivity index (χ0n) is 21.6. The Balaban J connectivity index is 1.21. The molecule has 1 atom stereocenters. The molecule has 2 aliphatic heterocycles. The Labute approximate surface area is 221 Å². The SMILES string of the molecule is CN(CC(CCN1CCC2(CC1)CS(=O)(=O)c1ccccc12)c1ccccc1)C(=O)Cc1ccccc1. The van der Waals surface area contributed by atoms with Gasteiger partial charge < -0.3 is 9.80 Å². The van der Waals surface area contributed by atoms with E-state index in [4.69, 9.17) is 0 Å². The molecule has 37 heavy (non-hydrogen) atoms. The number of carbonyl (C=O) groups is 1. The first-order valence-electron chi connectivity index (χ1n) is 13.2. The first-order valence-corrected chi connectivity index (χ1v) is 14.9. The molecule has 1 amide bonds. The maximum atomic E-state index is 12.9. The Hall–Kier alpha value is -2.96. The highest BCUT2D eigenvalue weighted by molar-refractivity contribution is 7.91. The van der Waals surface area contributed by atoms with E-state index in [0.29, 0.717) is 17.9 Å². The van der Waals surface area contributed by atoms with Gasteiger partial charge in [-0.2, -0.15) is 0 Å². The van der Waals surface area contributed by atoms with Crippen LogP contribution in [0.25, 0.3) is 0 Å². The van der Waals surface area contributed by atoms with Crippen molar-refractivity contribution in [3.05, 3.63) is 102 Å². The zero-order valence-corrected chi connectivity index (χ0v) is 22.4. The van der Waals surface area contributed by atoms with Gasteiger partial charge in [-0.05, 0) is 61.7 Å². The molecule has 1 fully saturated rings. The van der Waals surface area contributed by atoms with Crippen LogP contribution in [0.1, 0.15) is 41.9 Å². The number of nitrogens with zero attached hydrogens (tertiary/aromatic N) is 2. The lowest BCUT2D eigenvalue weighted by Crippen LogP contribution is -2.44. The number of likely N-dealkylation sites (N-methyl/N-ethyl adjacent to an activating group) is 1. The van der Waals surface area contributed by atoms with Crippen molar-refractivity contribution < 1.29 is 13.2 Å². The summed E-state index contributed by atoms with van der Waals surface area (Å²) in [6, 6.07) is 28.0. The minimum Gasteiger partial charge on any atom is -0.345 e. The molecule has 3 aromatic rings. The van der Waals surface area contributed by atoms with Crippen molar-refractivity contribution in [1.29, 1.82) is 0 Å². The highest BCUT2D eigenvalue weighted by Crippen LogP contribution is 2.46. The monoisotopic (exact) mass is 516 g/mol. The number of hydrogen-bond donors (Lipinski definition) is 0. The predicted molar refractivity (Wildman–Crippen MR) is 147 cm³/mol. The Kier molecular flexibility index (Phi) is 7.50. The highest BCUT2D eigenvalue weighted by Gasteiger charge is 2.48. The van der Waals surface area contributed by atoms with E-state index in [1.807, 2.05) is 66.5 Å². The molecule has 3 aromatic carbocycles. The summed E-state index contributed by atoms with van der Waals surface area (Å²) in [7, 11) is -1.29. The Morgan fingerprint density at radius 2 is 1.54 bits per heavy atom. The average Bonchev–Trinajstić information content (AvgIpc) is 3.14. The number of rotatable bonds is 8. The number of hydrogen-bond acceptors (Lipinski definition) is 4. The van der Waals surface area contributed by atoms with E-state index in [1.54, 1.807) is 6.07 Å². The number of benzene rings is 3. The second kappa shape index (κ2) is 10.8. The molecule has 2 heterocycles. The molecule has 0 N–H and O–H groups in total. The van der Waals surface area contributed by atoms with Gasteiger partial charge in [0.05, 0.1) is 17.1 Å². The van der Waals surface area contributed by atoms with Gasteiger partial charge in [0.2, 0.25) is 5.91 Å². The van der Waals surface area contributed by atoms with E-state index in [2.05, 4.69) is 29.2 Å². The first kappa shape index (κ1) is 25.7. The van der Waals surface area contributed by atoms with Gasteiger partial charge in [-0.1, -0.05) is 78.9 Å². The molecular formula is C31H36N2O3S. The molecule has 2 aliphatic rings. The molecule has 5 nitrogen and oxygen atoms in total. The summed E-state index contributed by atoms with van der Waals surface area (Å²) in [5, 5.41) is 0. The van der Waals surface area contributed by atoms with E-state index < -0.39 is 9.84 Å². The topological polar surface area (TPSA) is 57.7 Å². The molecule has 5 rings (SSSR count). The summed E-state index contributed by atoms with van der Waals surface area (Å²) in [6.07, 6.45) is 3.11. The molecule has 1 unspecified atom stereocenters. The van der Waals surface area contributed by atoms with E-state index >= 15 is 0 Å². The summed E-state index contributed by atoms with van der Waals surface area (Å²) < 4.78 is 25.6. The van der Waals surface area contributed by atoms with Crippen molar-refractivity contribution in [2.75, 3.05) is 39.0 Å². The third-order valence-electron chi connectivity index (χ3n) is 8.26. The normalized spacial score (nSPS) is 18.8. The zero-order chi connectivity index (χ0) is 25.9. The van der Waals surface area contributed by atoms with Crippen LogP contribution in [0.5, 0.6) is 0 Å². The summed E-state index contributed by atoms with van der Waals surface area (Å²) >= 11 is 0. The lowest BCUT2D eigenvalue weighted by Gasteiger charge is -2.40. The number of sulfone groups is 1. The average molecular weight is 517 g/mol. The second-order valence-corrected chi connectivity index (χ2v) is 12.7. The standard InChI is InChI=1S/C31H36N2O3S/c1-32(30(34)22-25-10-4-2-5-11-25)23-27(26-12-6-3-7-13-26)16-19-33-20-17-31(18-21-33)24-37(35,36)29-15-9-8-14-28(29)31/h2-15,27H,16-24H2,1H3. The fourth-order valence-corrected chi connectivity index (χ4v) is 8.31. The molecule has 194 valence electrons. The van der Waals surface area contributed by atoms with Crippen LogP contribution in [0, 0.1) is 0 Å². The van der Waals surface area contributed by atoms with Gasteiger partial charge in [0, 0.05) is 24.9 Å². The number of likely N-dealkylation sites (tertiary alicyclic amines) is 1. The van der Waals surface area contributed by atoms with Gasteiger partial charge in [-0.3, -0.25) is 4.79 Å². The van der Waals surface area contributed by atoms with Crippen LogP contribution in [0.15, 0.2) is 89.8 Å². The molecular weight excluding hydrogens is 480 g/mol. The maximum Gasteiger partial charge on any atom is 0.226 e. The largest absolute Gasteiger partial charge is 0.345 e. The number of carbonyl (C=O) groups excluding carboxylic acids is 1. The van der Waals surface area contributed by atoms with E-state index in [9.17, 15) is 13.2 Å². The van der Waals surface area contributed by atoms with E-state index in [1.165, 1.54) is 5.56 Å². The van der Waals surface area contributed by atoms with Crippen LogP contribution < -0.4 is 0 Å². The minimum absolute atomic E-state index is 0.133. The van der Waals surface area contributed by atoms with Gasteiger partial charge in [-0.25, -0.2) is 8.42 Å². The molecule has 0 aromatic heterocycles. The van der Waals surface area contributed by atoms with E-state index in [-0.39, 0.29) is 23.0 Å². The first-order chi connectivity index (χ1) is 17.9. The lowest BCUT2D eigenvalue weighted by atomic mass is 9.74. The Bertz CT molecular complexity index is 1320. The molecule has 0 aliphatic carbocycles. The maximum absolute atomic E-state index is 12.9. The van der Waals surface area contributed by atoms with Gasteiger partial charge in [-0.15, -0.1) is 0 Å². The Morgan fingerprint density at radius 3 is 2.24 bits per heavy atom. The number of piperidine rings is 1. The number of amides is 1. The van der Waals surface area contributed by atoms with Crippen LogP contribution in [-0.2, 0) is 26.5 Å². The van der Waals surface area contributed by atoms with Crippen LogP contribution in [0.4, 0.5) is 0 Å². The van der Waals surface area contributed by atoms with Gasteiger partial charge in [0.15, 0.2) is 9.84 Å². The molecule has 0 bridgehead atoms. The summed E-state index contributed by atoms with van der Waals surface area (Å²) in [5.74, 6) is 0.622. The summed E-state index contributed by atoms with van der Waals surface area (Å²) in [6.45, 7) is 3.41. The molecule has 6 heteroatoms. The van der Waals surface area contributed by atoms with Crippen LogP contribution in [0.2, 0.25) is 0 Å². The van der Waals surface area contributed by atoms with Gasteiger partial charge in [0.25, 0.3) is 0 Å². The molecule has 0 saturated carbocycles. The summed E-state index contributed by atoms with van der Waals surface area (Å²) in [5.41, 5.74) is 3.07. The van der Waals surface area contributed by atoms with Crippen molar-refractivity contribution in [2.24, 2.45) is 0 Å². The van der Waals surface area contributed by atoms with Crippen molar-refractivity contribution in [3.63, 3.8) is 0 Å². The quantitative estimate of drug-likeness (QED) is 0.436. The molecule has 1 saturated heterocycles. The highest BCUT2D eigenvalue weighted by atomic mass is 32.2. The van der Waals surface area contributed by atoms with Crippen LogP contribution in [0.3, 0.4) is 0 Å². The lowest BCUT2D eigenvalue weighted by molar-refractivity contribution is -0.129. The third kappa shape index (κ3) is 5.65. The van der Waals surface area contributed by atoms with Crippen molar-refractivity contribution >= 4 is 15.7 Å². The summed E-state index contributed by atoms with van der Waals surface area (Å²) in [4.78, 5) is 17.8. The molecule has 1 spiro atoms. The van der Waals surface area contributed by atoms with Crippen LogP contribution >= 0.6 is 0 Å². The second-order valence-electron chi connectivity index (χ2n) is 10.7. The number of fused-ring (bicyclic) bond motifs is 2. The van der Waals surface area contributed by atoms with Crippen LogP contribution in [-0.4, -0.2) is 63.1 Å². The van der Waals surface area contributed by atoms with Gasteiger partial charge >= 0.3 is 0 Å². The van der Waals surface area contributed by atoms with Gasteiger partial charge in [0.1, 0.15) is 0 Å². The Morgan fingerprint density at radius 1 is 0.919 bits per heavy atom. The third-order valence-corrected chi connectivity index (χ3v) is 10.2. The minimum atomic E-state index is -3.19. The smallest absolute Gasteiger partial charge is 0.226 e. The predicted octanol–water partition coefficient (Wildman–Crippen LogP) is 4.68. The molecule has 0 radical (unpaired) electrons. The fraction of sp³-hybridized carbons (Fsp3) is 0.387. The van der Waals surface area contributed by atoms with E-state index in [0.717, 1.165) is 50.0 Å². The van der Waals surface area contributed by atoms with Crippen molar-refractivity contribution in [3.8, 4) is 0 Å².